The third-order valence-electron chi connectivity index (χ3n) is 2.92. The fraction of sp³-hybridized carbons (Fsp3) is 0.250. The van der Waals surface area contributed by atoms with Gasteiger partial charge in [-0.15, -0.1) is 6.58 Å². The van der Waals surface area contributed by atoms with Gasteiger partial charge in [-0.1, -0.05) is 18.2 Å². The zero-order valence-corrected chi connectivity index (χ0v) is 10.5. The maximum absolute atomic E-state index is 12.0. The molecule has 0 bridgehead atoms. The van der Waals surface area contributed by atoms with Gasteiger partial charge in [0.1, 0.15) is 4.90 Å². The summed E-state index contributed by atoms with van der Waals surface area (Å²) < 4.78 is 26.0. The van der Waals surface area contributed by atoms with Crippen molar-refractivity contribution in [1.29, 1.82) is 0 Å². The van der Waals surface area contributed by atoms with Crippen molar-refractivity contribution in [2.75, 3.05) is 5.73 Å². The van der Waals surface area contributed by atoms with E-state index in [1.54, 1.807) is 18.2 Å². The maximum atomic E-state index is 12.0. The minimum absolute atomic E-state index is 0.0749. The Morgan fingerprint density at radius 1 is 1.44 bits per heavy atom. The molecule has 0 unspecified atom stereocenters. The van der Waals surface area contributed by atoms with Crippen LogP contribution in [0, 0.1) is 11.8 Å². The fourth-order valence-corrected chi connectivity index (χ4v) is 2.93. The lowest BCUT2D eigenvalue weighted by Crippen LogP contribution is -2.32. The number of carbonyl (C=O) groups excluding carboxylic acids is 1. The van der Waals surface area contributed by atoms with E-state index in [1.807, 2.05) is 4.72 Å². The number of rotatable bonds is 4. The number of para-hydroxylation sites is 1. The Bertz CT molecular complexity index is 595. The molecule has 1 aromatic rings. The standard InChI is InChI=1S/C12H14N2O3S/c1-2-8-7-9(8)12(15)14-18(16,17)11-6-4-3-5-10(11)13/h2-6,8-9H,1,7,13H2,(H,14,15)/t8-,9+/m1/s1. The molecule has 0 spiro atoms. The van der Waals surface area contributed by atoms with Crippen molar-refractivity contribution in [2.45, 2.75) is 11.3 Å². The minimum Gasteiger partial charge on any atom is -0.398 e. The number of anilines is 1. The van der Waals surface area contributed by atoms with Gasteiger partial charge < -0.3 is 5.73 Å². The first-order valence-corrected chi connectivity index (χ1v) is 6.97. The second kappa shape index (κ2) is 4.45. The number of allylic oxidation sites excluding steroid dienone is 1. The molecule has 0 radical (unpaired) electrons. The van der Waals surface area contributed by atoms with E-state index in [-0.39, 0.29) is 22.4 Å². The van der Waals surface area contributed by atoms with Crippen LogP contribution in [-0.4, -0.2) is 14.3 Å². The van der Waals surface area contributed by atoms with Gasteiger partial charge in [0.25, 0.3) is 10.0 Å². The van der Waals surface area contributed by atoms with Gasteiger partial charge in [-0.3, -0.25) is 4.79 Å². The first-order valence-electron chi connectivity index (χ1n) is 5.49. The van der Waals surface area contributed by atoms with Gasteiger partial charge in [0.15, 0.2) is 0 Å². The predicted molar refractivity (Wildman–Crippen MR) is 68.0 cm³/mol. The molecular formula is C12H14N2O3S. The highest BCUT2D eigenvalue weighted by Gasteiger charge is 2.42. The number of sulfonamides is 1. The van der Waals surface area contributed by atoms with Crippen LogP contribution in [0.1, 0.15) is 6.42 Å². The van der Waals surface area contributed by atoms with E-state index in [4.69, 9.17) is 5.73 Å². The molecule has 1 aliphatic carbocycles. The van der Waals surface area contributed by atoms with Gasteiger partial charge in [-0.05, 0) is 24.5 Å². The largest absolute Gasteiger partial charge is 0.398 e. The van der Waals surface area contributed by atoms with Gasteiger partial charge in [0, 0.05) is 5.92 Å². The molecule has 2 atom stereocenters. The summed E-state index contributed by atoms with van der Waals surface area (Å²) in [4.78, 5) is 11.6. The minimum atomic E-state index is -3.89. The smallest absolute Gasteiger partial charge is 0.266 e. The van der Waals surface area contributed by atoms with E-state index in [0.29, 0.717) is 6.42 Å². The first kappa shape index (κ1) is 12.6. The Morgan fingerprint density at radius 3 is 2.67 bits per heavy atom. The number of benzene rings is 1. The summed E-state index contributed by atoms with van der Waals surface area (Å²) in [7, 11) is -3.89. The third-order valence-corrected chi connectivity index (χ3v) is 4.34. The van der Waals surface area contributed by atoms with Gasteiger partial charge in [0.2, 0.25) is 5.91 Å². The maximum Gasteiger partial charge on any atom is 0.266 e. The van der Waals surface area contributed by atoms with Gasteiger partial charge in [-0.2, -0.15) is 0 Å². The van der Waals surface area contributed by atoms with E-state index in [0.717, 1.165) is 0 Å². The number of amides is 1. The molecule has 1 amide bonds. The molecule has 1 fully saturated rings. The molecule has 1 aliphatic rings. The van der Waals surface area contributed by atoms with Crippen LogP contribution in [0.5, 0.6) is 0 Å². The van der Waals surface area contributed by atoms with Crippen LogP contribution in [-0.2, 0) is 14.8 Å². The van der Waals surface area contributed by atoms with Crippen LogP contribution in [0.4, 0.5) is 5.69 Å². The quantitative estimate of drug-likeness (QED) is 0.626. The van der Waals surface area contributed by atoms with Gasteiger partial charge in [-0.25, -0.2) is 13.1 Å². The highest BCUT2D eigenvalue weighted by molar-refractivity contribution is 7.90. The summed E-state index contributed by atoms with van der Waals surface area (Å²) in [5.74, 6) is -0.710. The van der Waals surface area contributed by atoms with Gasteiger partial charge in [0.05, 0.1) is 5.69 Å². The highest BCUT2D eigenvalue weighted by atomic mass is 32.2. The van der Waals surface area contributed by atoms with Crippen LogP contribution in [0.15, 0.2) is 41.8 Å². The molecule has 5 nitrogen and oxygen atoms in total. The third kappa shape index (κ3) is 2.38. The molecular weight excluding hydrogens is 252 g/mol. The summed E-state index contributed by atoms with van der Waals surface area (Å²) in [6.07, 6.45) is 2.31. The summed E-state index contributed by atoms with van der Waals surface area (Å²) in [6, 6.07) is 6.02. The molecule has 3 N–H and O–H groups in total. The normalized spacial score (nSPS) is 22.2. The highest BCUT2D eigenvalue weighted by Crippen LogP contribution is 2.39. The van der Waals surface area contributed by atoms with Crippen molar-refractivity contribution in [2.24, 2.45) is 11.8 Å². The molecule has 0 aliphatic heterocycles. The second-order valence-electron chi connectivity index (χ2n) is 4.25. The van der Waals surface area contributed by atoms with Crippen molar-refractivity contribution in [3.05, 3.63) is 36.9 Å². The molecule has 0 saturated heterocycles. The fourth-order valence-electron chi connectivity index (χ4n) is 1.76. The lowest BCUT2D eigenvalue weighted by atomic mass is 10.3. The van der Waals surface area contributed by atoms with E-state index < -0.39 is 15.9 Å². The van der Waals surface area contributed by atoms with E-state index in [2.05, 4.69) is 6.58 Å². The van der Waals surface area contributed by atoms with Crippen molar-refractivity contribution in [3.63, 3.8) is 0 Å². The molecule has 18 heavy (non-hydrogen) atoms. The number of nitrogens with one attached hydrogen (secondary N) is 1. The van der Waals surface area contributed by atoms with Crippen LogP contribution < -0.4 is 10.5 Å². The van der Waals surface area contributed by atoms with Crippen LogP contribution in [0.2, 0.25) is 0 Å². The van der Waals surface area contributed by atoms with Crippen molar-refractivity contribution >= 4 is 21.6 Å². The van der Waals surface area contributed by atoms with Crippen LogP contribution in [0.3, 0.4) is 0 Å². The van der Waals surface area contributed by atoms with E-state index >= 15 is 0 Å². The molecule has 1 aromatic carbocycles. The lowest BCUT2D eigenvalue weighted by Gasteiger charge is -2.08. The Balaban J connectivity index is 2.16. The number of hydrogen-bond acceptors (Lipinski definition) is 4. The van der Waals surface area contributed by atoms with Crippen molar-refractivity contribution in [3.8, 4) is 0 Å². The zero-order valence-electron chi connectivity index (χ0n) is 9.67. The summed E-state index contributed by atoms with van der Waals surface area (Å²) in [5.41, 5.74) is 5.70. The lowest BCUT2D eigenvalue weighted by molar-refractivity contribution is -0.120. The number of nitrogens with two attached hydrogens (primary N) is 1. The molecule has 96 valence electrons. The van der Waals surface area contributed by atoms with E-state index in [9.17, 15) is 13.2 Å². The first-order chi connectivity index (χ1) is 8.45. The van der Waals surface area contributed by atoms with Gasteiger partial charge >= 0.3 is 0 Å². The zero-order chi connectivity index (χ0) is 13.3. The molecule has 0 aromatic heterocycles. The number of nitrogen functional groups attached to an aromatic ring is 1. The summed E-state index contributed by atoms with van der Waals surface area (Å²) >= 11 is 0. The van der Waals surface area contributed by atoms with Crippen molar-refractivity contribution < 1.29 is 13.2 Å². The molecule has 2 rings (SSSR count). The summed E-state index contributed by atoms with van der Waals surface area (Å²) in [6.45, 7) is 3.57. The SMILES string of the molecule is C=C[C@@H]1C[C@@H]1C(=O)NS(=O)(=O)c1ccccc1N. The average Bonchev–Trinajstić information content (AvgIpc) is 3.08. The monoisotopic (exact) mass is 266 g/mol. The predicted octanol–water partition coefficient (Wildman–Crippen LogP) is 0.896. The molecule has 6 heteroatoms. The Kier molecular flexibility index (Phi) is 3.13. The number of hydrogen-bond donors (Lipinski definition) is 2. The Labute approximate surface area is 106 Å². The molecule has 1 saturated carbocycles. The van der Waals surface area contributed by atoms with Crippen LogP contribution in [0.25, 0.3) is 0 Å². The topological polar surface area (TPSA) is 89.3 Å². The average molecular weight is 266 g/mol. The molecule has 0 heterocycles. The Hall–Kier alpha value is -1.82. The summed E-state index contributed by atoms with van der Waals surface area (Å²) in [5, 5.41) is 0. The number of carbonyl (C=O) groups is 1. The Morgan fingerprint density at radius 2 is 2.11 bits per heavy atom. The second-order valence-corrected chi connectivity index (χ2v) is 5.90. The van der Waals surface area contributed by atoms with E-state index in [1.165, 1.54) is 12.1 Å². The van der Waals surface area contributed by atoms with Crippen molar-refractivity contribution in [1.82, 2.24) is 4.72 Å². The van der Waals surface area contributed by atoms with Crippen LogP contribution >= 0.6 is 0 Å².